The highest BCUT2D eigenvalue weighted by Gasteiger charge is 2.38. The van der Waals surface area contributed by atoms with Gasteiger partial charge in [-0.15, -0.1) is 0 Å². The largest absolute Gasteiger partial charge is 0.316 e. The molecule has 0 aliphatic carbocycles. The van der Waals surface area contributed by atoms with Crippen molar-refractivity contribution in [2.45, 2.75) is 46.6 Å². The molecule has 1 spiro atoms. The van der Waals surface area contributed by atoms with Crippen LogP contribution in [0.4, 0.5) is 0 Å². The number of piperidine rings is 1. The van der Waals surface area contributed by atoms with E-state index >= 15 is 0 Å². The number of hydrogen-bond acceptors (Lipinski definition) is 2. The maximum atomic E-state index is 3.60. The lowest BCUT2D eigenvalue weighted by molar-refractivity contribution is 0.199. The molecule has 0 saturated carbocycles. The monoisotopic (exact) mass is 272 g/mol. The molecule has 1 aromatic carbocycles. The van der Waals surface area contributed by atoms with E-state index in [1.165, 1.54) is 67.7 Å². The van der Waals surface area contributed by atoms with Gasteiger partial charge in [-0.05, 0) is 80.8 Å². The molecule has 1 N–H and O–H groups in total. The van der Waals surface area contributed by atoms with Crippen LogP contribution in [0.25, 0.3) is 0 Å². The fourth-order valence-electron chi connectivity index (χ4n) is 3.97. The minimum absolute atomic E-state index is 0.575. The smallest absolute Gasteiger partial charge is 0.0236 e. The number of nitrogens with one attached hydrogen (secondary N) is 1. The van der Waals surface area contributed by atoms with Crippen LogP contribution in [0.5, 0.6) is 0 Å². The second kappa shape index (κ2) is 5.50. The number of nitrogens with zero attached hydrogens (tertiary/aromatic N) is 1. The Balaban J connectivity index is 1.69. The minimum Gasteiger partial charge on any atom is -0.316 e. The van der Waals surface area contributed by atoms with Crippen LogP contribution in [0.1, 0.15) is 41.5 Å². The van der Waals surface area contributed by atoms with Crippen LogP contribution >= 0.6 is 0 Å². The molecule has 0 radical (unpaired) electrons. The number of likely N-dealkylation sites (tertiary alicyclic amines) is 1. The van der Waals surface area contributed by atoms with Crippen molar-refractivity contribution in [3.8, 4) is 0 Å². The van der Waals surface area contributed by atoms with E-state index in [2.05, 4.69) is 43.1 Å². The summed E-state index contributed by atoms with van der Waals surface area (Å²) in [6, 6.07) is 4.74. The third kappa shape index (κ3) is 2.77. The van der Waals surface area contributed by atoms with Crippen molar-refractivity contribution in [2.24, 2.45) is 5.41 Å². The van der Waals surface area contributed by atoms with Crippen LogP contribution in [0.3, 0.4) is 0 Å². The van der Waals surface area contributed by atoms with Crippen molar-refractivity contribution in [1.29, 1.82) is 0 Å². The van der Waals surface area contributed by atoms with Gasteiger partial charge in [0.25, 0.3) is 0 Å². The molecule has 2 heteroatoms. The van der Waals surface area contributed by atoms with Crippen LogP contribution in [0.2, 0.25) is 0 Å². The molecular weight excluding hydrogens is 244 g/mol. The average molecular weight is 272 g/mol. The molecule has 2 aliphatic rings. The van der Waals surface area contributed by atoms with E-state index in [1.807, 2.05) is 0 Å². The van der Waals surface area contributed by atoms with Gasteiger partial charge < -0.3 is 5.32 Å². The van der Waals surface area contributed by atoms with E-state index in [4.69, 9.17) is 0 Å². The lowest BCUT2D eigenvalue weighted by Crippen LogP contribution is -2.41. The molecule has 110 valence electrons. The molecule has 2 heterocycles. The minimum atomic E-state index is 0.575. The van der Waals surface area contributed by atoms with E-state index in [9.17, 15) is 0 Å². The molecule has 1 atom stereocenters. The number of rotatable bonds is 2. The van der Waals surface area contributed by atoms with E-state index in [0.29, 0.717) is 5.41 Å². The van der Waals surface area contributed by atoms with Gasteiger partial charge in [0.15, 0.2) is 0 Å². The highest BCUT2D eigenvalue weighted by molar-refractivity contribution is 5.36. The Labute approximate surface area is 123 Å². The first kappa shape index (κ1) is 14.1. The first-order chi connectivity index (χ1) is 9.58. The Morgan fingerprint density at radius 1 is 1.10 bits per heavy atom. The van der Waals surface area contributed by atoms with Crippen molar-refractivity contribution in [1.82, 2.24) is 10.2 Å². The first-order valence-electron chi connectivity index (χ1n) is 8.08. The molecule has 0 unspecified atom stereocenters. The van der Waals surface area contributed by atoms with E-state index < -0.39 is 0 Å². The van der Waals surface area contributed by atoms with Gasteiger partial charge in [-0.1, -0.05) is 12.1 Å². The highest BCUT2D eigenvalue weighted by atomic mass is 15.2. The number of hydrogen-bond donors (Lipinski definition) is 1. The van der Waals surface area contributed by atoms with Crippen LogP contribution in [0.15, 0.2) is 12.1 Å². The fourth-order valence-corrected chi connectivity index (χ4v) is 3.97. The summed E-state index contributed by atoms with van der Waals surface area (Å²) in [7, 11) is 0. The molecule has 2 nitrogen and oxygen atoms in total. The molecular formula is C18H28N2. The summed E-state index contributed by atoms with van der Waals surface area (Å²) in [5.41, 5.74) is 6.40. The number of aryl methyl sites for hydroxylation is 3. The van der Waals surface area contributed by atoms with Gasteiger partial charge in [-0.2, -0.15) is 0 Å². The maximum Gasteiger partial charge on any atom is 0.0236 e. The van der Waals surface area contributed by atoms with Crippen LogP contribution in [0, 0.1) is 26.2 Å². The predicted octanol–water partition coefficient (Wildman–Crippen LogP) is 3.19. The van der Waals surface area contributed by atoms with Crippen molar-refractivity contribution in [2.75, 3.05) is 26.2 Å². The zero-order valence-electron chi connectivity index (χ0n) is 13.3. The zero-order valence-corrected chi connectivity index (χ0v) is 13.3. The van der Waals surface area contributed by atoms with Crippen molar-refractivity contribution in [3.63, 3.8) is 0 Å². The first-order valence-corrected chi connectivity index (χ1v) is 8.08. The molecule has 2 aliphatic heterocycles. The summed E-state index contributed by atoms with van der Waals surface area (Å²) in [6.07, 6.45) is 4.16. The van der Waals surface area contributed by atoms with Gasteiger partial charge in [0.2, 0.25) is 0 Å². The van der Waals surface area contributed by atoms with E-state index in [0.717, 1.165) is 6.54 Å². The van der Waals surface area contributed by atoms with Crippen molar-refractivity contribution < 1.29 is 0 Å². The number of benzene rings is 1. The van der Waals surface area contributed by atoms with E-state index in [1.54, 1.807) is 0 Å². The lowest BCUT2D eigenvalue weighted by atomic mass is 9.80. The summed E-state index contributed by atoms with van der Waals surface area (Å²) >= 11 is 0. The summed E-state index contributed by atoms with van der Waals surface area (Å²) in [6.45, 7) is 12.8. The van der Waals surface area contributed by atoms with Crippen molar-refractivity contribution >= 4 is 0 Å². The topological polar surface area (TPSA) is 15.3 Å². The molecule has 2 saturated heterocycles. The third-order valence-corrected chi connectivity index (χ3v) is 5.42. The average Bonchev–Trinajstić information content (AvgIpc) is 2.79. The van der Waals surface area contributed by atoms with Gasteiger partial charge in [0.05, 0.1) is 0 Å². The van der Waals surface area contributed by atoms with Crippen molar-refractivity contribution in [3.05, 3.63) is 34.4 Å². The Morgan fingerprint density at radius 3 is 2.65 bits per heavy atom. The SMILES string of the molecule is Cc1cc(C)c(CN2CC[C@@]3(CCCNC3)C2)cc1C. The Hall–Kier alpha value is -0.860. The van der Waals surface area contributed by atoms with Gasteiger partial charge in [-0.3, -0.25) is 4.90 Å². The molecule has 0 aromatic heterocycles. The summed E-state index contributed by atoms with van der Waals surface area (Å²) in [4.78, 5) is 2.67. The summed E-state index contributed by atoms with van der Waals surface area (Å²) in [5, 5.41) is 3.60. The summed E-state index contributed by atoms with van der Waals surface area (Å²) < 4.78 is 0. The van der Waals surface area contributed by atoms with Crippen LogP contribution < -0.4 is 5.32 Å². The molecule has 1 aromatic rings. The highest BCUT2D eigenvalue weighted by Crippen LogP contribution is 2.37. The molecule has 20 heavy (non-hydrogen) atoms. The lowest BCUT2D eigenvalue weighted by Gasteiger charge is -2.34. The van der Waals surface area contributed by atoms with Gasteiger partial charge in [-0.25, -0.2) is 0 Å². The van der Waals surface area contributed by atoms with Crippen LogP contribution in [-0.4, -0.2) is 31.1 Å². The maximum absolute atomic E-state index is 3.60. The van der Waals surface area contributed by atoms with Crippen LogP contribution in [-0.2, 0) is 6.54 Å². The second-order valence-corrected chi connectivity index (χ2v) is 7.10. The molecule has 0 bridgehead atoms. The predicted molar refractivity (Wildman–Crippen MR) is 85.1 cm³/mol. The van der Waals surface area contributed by atoms with E-state index in [-0.39, 0.29) is 0 Å². The molecule has 3 rings (SSSR count). The zero-order chi connectivity index (χ0) is 14.2. The third-order valence-electron chi connectivity index (χ3n) is 5.42. The second-order valence-electron chi connectivity index (χ2n) is 7.10. The standard InChI is InChI=1S/C18H28N2/c1-14-9-16(3)17(10-15(14)2)11-20-8-6-18(13-20)5-4-7-19-12-18/h9-10,19H,4-8,11-13H2,1-3H3/t18-/m1/s1. The quantitative estimate of drug-likeness (QED) is 0.889. The van der Waals surface area contributed by atoms with Gasteiger partial charge >= 0.3 is 0 Å². The normalized spacial score (nSPS) is 27.4. The molecule has 0 amide bonds. The fraction of sp³-hybridized carbons (Fsp3) is 0.667. The Morgan fingerprint density at radius 2 is 1.90 bits per heavy atom. The Bertz CT molecular complexity index is 486. The Kier molecular flexibility index (Phi) is 3.87. The summed E-state index contributed by atoms with van der Waals surface area (Å²) in [5.74, 6) is 0. The molecule has 2 fully saturated rings. The van der Waals surface area contributed by atoms with Gasteiger partial charge in [0, 0.05) is 19.6 Å². The van der Waals surface area contributed by atoms with Gasteiger partial charge in [0.1, 0.15) is 0 Å².